The van der Waals surface area contributed by atoms with Gasteiger partial charge in [-0.25, -0.2) is 4.79 Å². The number of nitrogens with two attached hydrogens (primary N) is 1. The summed E-state index contributed by atoms with van der Waals surface area (Å²) in [6, 6.07) is 4.19. The molecule has 0 saturated heterocycles. The van der Waals surface area contributed by atoms with Gasteiger partial charge in [-0.15, -0.1) is 0 Å². The van der Waals surface area contributed by atoms with E-state index in [-0.39, 0.29) is 17.9 Å². The first-order chi connectivity index (χ1) is 14.8. The van der Waals surface area contributed by atoms with Crippen LogP contribution in [0.1, 0.15) is 83.6 Å². The minimum Gasteiger partial charge on any atom is -0.504 e. The fourth-order valence-electron chi connectivity index (χ4n) is 3.28. The van der Waals surface area contributed by atoms with Crippen LogP contribution >= 0.6 is 0 Å². The Kier molecular flexibility index (Phi) is 12.7. The van der Waals surface area contributed by atoms with Crippen molar-refractivity contribution in [2.45, 2.75) is 90.0 Å². The van der Waals surface area contributed by atoms with Gasteiger partial charge < -0.3 is 25.4 Å². The molecule has 0 aromatic heterocycles. The number of hydrogen-bond acceptors (Lipinski definition) is 7. The number of carbonyl (C=O) groups is 2. The number of hydrogen-bond donors (Lipinski definition) is 3. The second kappa shape index (κ2) is 14.7. The van der Waals surface area contributed by atoms with Crippen LogP contribution < -0.4 is 5.73 Å². The zero-order chi connectivity index (χ0) is 23.1. The molecule has 0 aliphatic carbocycles. The van der Waals surface area contributed by atoms with Gasteiger partial charge in [0.2, 0.25) is 0 Å². The number of benzene rings is 1. The Labute approximate surface area is 185 Å². The number of ether oxygens (including phenoxy) is 2. The van der Waals surface area contributed by atoms with E-state index in [1.165, 1.54) is 64.0 Å². The van der Waals surface area contributed by atoms with Crippen molar-refractivity contribution < 1.29 is 29.3 Å². The molecule has 0 aliphatic heterocycles. The van der Waals surface area contributed by atoms with Crippen LogP contribution in [0.4, 0.5) is 0 Å². The van der Waals surface area contributed by atoms with E-state index in [4.69, 9.17) is 15.2 Å². The normalized spacial score (nSPS) is 12.9. The molecule has 7 heteroatoms. The largest absolute Gasteiger partial charge is 0.504 e. The fourth-order valence-corrected chi connectivity index (χ4v) is 3.28. The first-order valence-electron chi connectivity index (χ1n) is 11.4. The van der Waals surface area contributed by atoms with Gasteiger partial charge in [-0.05, 0) is 31.0 Å². The van der Waals surface area contributed by atoms with Gasteiger partial charge >= 0.3 is 11.9 Å². The lowest BCUT2D eigenvalue weighted by Crippen LogP contribution is -2.48. The Hall–Kier alpha value is -2.28. The highest BCUT2D eigenvalue weighted by atomic mass is 16.6. The lowest BCUT2D eigenvalue weighted by molar-refractivity contribution is -0.161. The summed E-state index contributed by atoms with van der Waals surface area (Å²) in [5.74, 6) is -1.88. The molecule has 1 atom stereocenters. The quantitative estimate of drug-likeness (QED) is 0.200. The van der Waals surface area contributed by atoms with E-state index in [0.29, 0.717) is 12.2 Å². The molecule has 0 saturated carbocycles. The summed E-state index contributed by atoms with van der Waals surface area (Å²) in [5, 5.41) is 18.9. The van der Waals surface area contributed by atoms with E-state index in [1.807, 2.05) is 0 Å². The van der Waals surface area contributed by atoms with Gasteiger partial charge in [0.1, 0.15) is 5.54 Å². The van der Waals surface area contributed by atoms with Crippen molar-refractivity contribution in [3.8, 4) is 11.5 Å². The summed E-state index contributed by atoms with van der Waals surface area (Å²) in [5.41, 5.74) is 5.18. The summed E-state index contributed by atoms with van der Waals surface area (Å²) in [7, 11) is 0. The van der Waals surface area contributed by atoms with Crippen molar-refractivity contribution in [2.75, 3.05) is 13.2 Å². The number of rotatable bonds is 16. The third kappa shape index (κ3) is 11.6. The fraction of sp³-hybridized carbons (Fsp3) is 0.667. The summed E-state index contributed by atoms with van der Waals surface area (Å²) in [6.45, 7) is 3.54. The first-order valence-corrected chi connectivity index (χ1v) is 11.4. The van der Waals surface area contributed by atoms with Gasteiger partial charge in [0.15, 0.2) is 18.1 Å². The van der Waals surface area contributed by atoms with E-state index in [1.54, 1.807) is 6.07 Å². The Morgan fingerprint density at radius 1 is 0.903 bits per heavy atom. The molecule has 1 unspecified atom stereocenters. The summed E-state index contributed by atoms with van der Waals surface area (Å²) >= 11 is 0. The highest BCUT2D eigenvalue weighted by molar-refractivity contribution is 5.83. The number of aromatic hydroxyl groups is 2. The SMILES string of the molecule is CCCCCCCCCCCCOC(=O)COC(=O)C(C)(N)Cc1ccc(O)c(O)c1. The van der Waals surface area contributed by atoms with Gasteiger partial charge in [-0.3, -0.25) is 4.79 Å². The van der Waals surface area contributed by atoms with Crippen molar-refractivity contribution in [3.05, 3.63) is 23.8 Å². The van der Waals surface area contributed by atoms with Crippen LogP contribution in [0.2, 0.25) is 0 Å². The molecular formula is C24H39NO6. The molecule has 0 spiro atoms. The summed E-state index contributed by atoms with van der Waals surface area (Å²) in [6.07, 6.45) is 12.1. The minimum absolute atomic E-state index is 0.0767. The number of phenols is 2. The van der Waals surface area contributed by atoms with Crippen LogP contribution in [0.15, 0.2) is 18.2 Å². The average molecular weight is 438 g/mol. The predicted octanol–water partition coefficient (Wildman–Crippen LogP) is 4.37. The number of carbonyl (C=O) groups excluding carboxylic acids is 2. The highest BCUT2D eigenvalue weighted by Gasteiger charge is 2.31. The van der Waals surface area contributed by atoms with Crippen LogP contribution in [-0.4, -0.2) is 40.9 Å². The van der Waals surface area contributed by atoms with E-state index < -0.39 is 24.1 Å². The maximum absolute atomic E-state index is 12.2. The highest BCUT2D eigenvalue weighted by Crippen LogP contribution is 2.26. The van der Waals surface area contributed by atoms with Crippen molar-refractivity contribution in [3.63, 3.8) is 0 Å². The summed E-state index contributed by atoms with van der Waals surface area (Å²) < 4.78 is 10.1. The van der Waals surface area contributed by atoms with Crippen molar-refractivity contribution in [1.82, 2.24) is 0 Å². The Bertz CT molecular complexity index is 674. The molecule has 1 rings (SSSR count). The van der Waals surface area contributed by atoms with Gasteiger partial charge in [0.25, 0.3) is 0 Å². The number of esters is 2. The number of phenolic OH excluding ortho intramolecular Hbond substituents is 2. The van der Waals surface area contributed by atoms with Crippen LogP contribution in [-0.2, 0) is 25.5 Å². The molecule has 0 radical (unpaired) electrons. The second-order valence-electron chi connectivity index (χ2n) is 8.40. The van der Waals surface area contributed by atoms with Crippen LogP contribution in [0.5, 0.6) is 11.5 Å². The van der Waals surface area contributed by atoms with E-state index in [0.717, 1.165) is 19.3 Å². The average Bonchev–Trinajstić information content (AvgIpc) is 2.72. The molecule has 7 nitrogen and oxygen atoms in total. The smallest absolute Gasteiger partial charge is 0.344 e. The van der Waals surface area contributed by atoms with E-state index in [2.05, 4.69) is 6.92 Å². The van der Waals surface area contributed by atoms with Crippen LogP contribution in [0, 0.1) is 0 Å². The monoisotopic (exact) mass is 437 g/mol. The second-order valence-corrected chi connectivity index (χ2v) is 8.40. The standard InChI is InChI=1S/C24H39NO6/c1-3-4-5-6-7-8-9-10-11-12-15-30-22(28)18-31-23(29)24(2,25)17-19-13-14-20(26)21(27)16-19/h13-14,16,26-27H,3-12,15,17-18,25H2,1-2H3. The molecule has 176 valence electrons. The number of unbranched alkanes of at least 4 members (excludes halogenated alkanes) is 9. The van der Waals surface area contributed by atoms with E-state index in [9.17, 15) is 19.8 Å². The molecular weight excluding hydrogens is 398 g/mol. The maximum atomic E-state index is 12.2. The maximum Gasteiger partial charge on any atom is 0.344 e. The topological polar surface area (TPSA) is 119 Å². The summed E-state index contributed by atoms with van der Waals surface area (Å²) in [4.78, 5) is 24.0. The third-order valence-electron chi connectivity index (χ3n) is 5.16. The molecule has 0 bridgehead atoms. The van der Waals surface area contributed by atoms with Crippen LogP contribution in [0.25, 0.3) is 0 Å². The predicted molar refractivity (Wildman–Crippen MR) is 120 cm³/mol. The Morgan fingerprint density at radius 2 is 1.48 bits per heavy atom. The first kappa shape index (κ1) is 26.8. The van der Waals surface area contributed by atoms with Gasteiger partial charge in [-0.2, -0.15) is 0 Å². The zero-order valence-electron chi connectivity index (χ0n) is 19.0. The van der Waals surface area contributed by atoms with Crippen molar-refractivity contribution >= 4 is 11.9 Å². The Balaban J connectivity index is 2.14. The van der Waals surface area contributed by atoms with Gasteiger partial charge in [-0.1, -0.05) is 70.8 Å². The lowest BCUT2D eigenvalue weighted by Gasteiger charge is -2.22. The molecule has 31 heavy (non-hydrogen) atoms. The molecule has 0 fully saturated rings. The van der Waals surface area contributed by atoms with Crippen LogP contribution in [0.3, 0.4) is 0 Å². The van der Waals surface area contributed by atoms with Crippen molar-refractivity contribution in [2.24, 2.45) is 5.73 Å². The van der Waals surface area contributed by atoms with Crippen molar-refractivity contribution in [1.29, 1.82) is 0 Å². The molecule has 0 aliphatic rings. The molecule has 0 heterocycles. The Morgan fingerprint density at radius 3 is 2.06 bits per heavy atom. The molecule has 4 N–H and O–H groups in total. The molecule has 1 aromatic rings. The molecule has 1 aromatic carbocycles. The third-order valence-corrected chi connectivity index (χ3v) is 5.16. The molecule has 0 amide bonds. The van der Waals surface area contributed by atoms with E-state index >= 15 is 0 Å². The zero-order valence-corrected chi connectivity index (χ0v) is 19.0. The lowest BCUT2D eigenvalue weighted by atomic mass is 9.94. The minimum atomic E-state index is -1.39. The van der Waals surface area contributed by atoms with Gasteiger partial charge in [0, 0.05) is 6.42 Å². The van der Waals surface area contributed by atoms with Gasteiger partial charge in [0.05, 0.1) is 6.61 Å².